The SMILES string of the molecule is Nc1c(C(=O)NC2CC2)sc(N2CCNCC2)c1C1CC1. The number of hydrogen-bond donors (Lipinski definition) is 3. The number of nitrogens with two attached hydrogens (primary N) is 1. The van der Waals surface area contributed by atoms with Gasteiger partial charge in [0.05, 0.1) is 10.7 Å². The Kier molecular flexibility index (Phi) is 3.30. The summed E-state index contributed by atoms with van der Waals surface area (Å²) in [6, 6.07) is 0.381. The van der Waals surface area contributed by atoms with Crippen molar-refractivity contribution in [3.8, 4) is 0 Å². The van der Waals surface area contributed by atoms with E-state index in [0.29, 0.717) is 12.0 Å². The third kappa shape index (κ3) is 2.62. The van der Waals surface area contributed by atoms with E-state index in [1.807, 2.05) is 0 Å². The molecule has 3 aliphatic rings. The molecule has 1 aromatic heterocycles. The molecular weight excluding hydrogens is 284 g/mol. The zero-order valence-electron chi connectivity index (χ0n) is 12.2. The largest absolute Gasteiger partial charge is 0.397 e. The number of rotatable bonds is 4. The highest BCUT2D eigenvalue weighted by atomic mass is 32.1. The summed E-state index contributed by atoms with van der Waals surface area (Å²) in [4.78, 5) is 15.5. The van der Waals surface area contributed by atoms with Gasteiger partial charge in [0.1, 0.15) is 4.88 Å². The van der Waals surface area contributed by atoms with Crippen LogP contribution in [0, 0.1) is 0 Å². The molecule has 21 heavy (non-hydrogen) atoms. The van der Waals surface area contributed by atoms with Gasteiger partial charge in [-0.2, -0.15) is 0 Å². The van der Waals surface area contributed by atoms with Crippen molar-refractivity contribution in [3.05, 3.63) is 10.4 Å². The van der Waals surface area contributed by atoms with Crippen LogP contribution in [0.25, 0.3) is 0 Å². The lowest BCUT2D eigenvalue weighted by atomic mass is 10.1. The molecule has 1 aliphatic heterocycles. The molecule has 2 heterocycles. The van der Waals surface area contributed by atoms with Gasteiger partial charge in [-0.15, -0.1) is 11.3 Å². The number of amides is 1. The molecule has 0 unspecified atom stereocenters. The Balaban J connectivity index is 1.65. The van der Waals surface area contributed by atoms with Crippen LogP contribution in [-0.2, 0) is 0 Å². The highest BCUT2D eigenvalue weighted by molar-refractivity contribution is 7.18. The van der Waals surface area contributed by atoms with Gasteiger partial charge in [0, 0.05) is 37.8 Å². The number of nitrogen functional groups attached to an aromatic ring is 1. The number of nitrogens with one attached hydrogen (secondary N) is 2. The van der Waals surface area contributed by atoms with Crippen LogP contribution >= 0.6 is 11.3 Å². The number of carbonyl (C=O) groups excluding carboxylic acids is 1. The molecule has 0 bridgehead atoms. The second kappa shape index (κ2) is 5.18. The summed E-state index contributed by atoms with van der Waals surface area (Å²) in [6.45, 7) is 4.02. The zero-order chi connectivity index (χ0) is 14.4. The minimum atomic E-state index is 0.0308. The first-order chi connectivity index (χ1) is 10.2. The lowest BCUT2D eigenvalue weighted by Crippen LogP contribution is -2.43. The average molecular weight is 306 g/mol. The standard InChI is InChI=1S/C15H22N4OS/c16-12-11(9-1-2-9)15(19-7-5-17-6-8-19)21-13(12)14(20)18-10-3-4-10/h9-10,17H,1-8,16H2,(H,18,20). The number of anilines is 2. The fourth-order valence-electron chi connectivity index (χ4n) is 2.96. The van der Waals surface area contributed by atoms with Gasteiger partial charge < -0.3 is 21.3 Å². The Morgan fingerprint density at radius 3 is 2.57 bits per heavy atom. The van der Waals surface area contributed by atoms with E-state index in [0.717, 1.165) is 49.6 Å². The maximum absolute atomic E-state index is 12.4. The summed E-state index contributed by atoms with van der Waals surface area (Å²) < 4.78 is 0. The predicted octanol–water partition coefficient (Wildman–Crippen LogP) is 1.51. The van der Waals surface area contributed by atoms with Crippen LogP contribution in [0.15, 0.2) is 0 Å². The normalized spacial score (nSPS) is 22.4. The Hall–Kier alpha value is -1.27. The highest BCUT2D eigenvalue weighted by Crippen LogP contribution is 2.52. The molecule has 6 heteroatoms. The van der Waals surface area contributed by atoms with Gasteiger partial charge in [-0.05, 0) is 31.6 Å². The molecule has 4 N–H and O–H groups in total. The van der Waals surface area contributed by atoms with Crippen LogP contribution in [0.5, 0.6) is 0 Å². The third-order valence-electron chi connectivity index (χ3n) is 4.47. The van der Waals surface area contributed by atoms with E-state index < -0.39 is 0 Å². The number of carbonyl (C=O) groups is 1. The van der Waals surface area contributed by atoms with Crippen LogP contribution in [0.2, 0.25) is 0 Å². The van der Waals surface area contributed by atoms with Crippen molar-refractivity contribution in [2.45, 2.75) is 37.6 Å². The summed E-state index contributed by atoms with van der Waals surface area (Å²) in [5, 5.41) is 7.70. The predicted molar refractivity (Wildman–Crippen MR) is 86.3 cm³/mol. The lowest BCUT2D eigenvalue weighted by molar-refractivity contribution is 0.0956. The summed E-state index contributed by atoms with van der Waals surface area (Å²) in [5.41, 5.74) is 8.35. The fourth-order valence-corrected chi connectivity index (χ4v) is 4.22. The van der Waals surface area contributed by atoms with Gasteiger partial charge in [-0.25, -0.2) is 0 Å². The first-order valence-corrected chi connectivity index (χ1v) is 8.74. The van der Waals surface area contributed by atoms with Crippen LogP contribution in [0.3, 0.4) is 0 Å². The van der Waals surface area contributed by atoms with E-state index in [1.54, 1.807) is 11.3 Å². The monoisotopic (exact) mass is 306 g/mol. The maximum Gasteiger partial charge on any atom is 0.263 e. The summed E-state index contributed by atoms with van der Waals surface area (Å²) in [6.07, 6.45) is 4.64. The molecule has 5 nitrogen and oxygen atoms in total. The quantitative estimate of drug-likeness (QED) is 0.788. The minimum absolute atomic E-state index is 0.0308. The molecule has 3 fully saturated rings. The molecule has 2 aliphatic carbocycles. The Morgan fingerprint density at radius 1 is 1.24 bits per heavy atom. The van der Waals surface area contributed by atoms with Crippen molar-refractivity contribution in [1.82, 2.24) is 10.6 Å². The summed E-state index contributed by atoms with van der Waals surface area (Å²) in [5.74, 6) is 0.608. The van der Waals surface area contributed by atoms with Crippen LogP contribution in [0.1, 0.15) is 46.8 Å². The number of nitrogens with zero attached hydrogens (tertiary/aromatic N) is 1. The van der Waals surface area contributed by atoms with E-state index in [2.05, 4.69) is 15.5 Å². The first kappa shape index (κ1) is 13.4. The Bertz CT molecular complexity index is 556. The van der Waals surface area contributed by atoms with Crippen molar-refractivity contribution in [3.63, 3.8) is 0 Å². The van der Waals surface area contributed by atoms with E-state index >= 15 is 0 Å². The fraction of sp³-hybridized carbons (Fsp3) is 0.667. The van der Waals surface area contributed by atoms with E-state index in [9.17, 15) is 4.79 Å². The highest BCUT2D eigenvalue weighted by Gasteiger charge is 2.35. The third-order valence-corrected chi connectivity index (χ3v) is 5.75. The van der Waals surface area contributed by atoms with E-state index in [-0.39, 0.29) is 5.91 Å². The summed E-state index contributed by atoms with van der Waals surface area (Å²) >= 11 is 1.60. The molecule has 1 saturated heterocycles. The second-order valence-electron chi connectivity index (χ2n) is 6.32. The number of hydrogen-bond acceptors (Lipinski definition) is 5. The second-order valence-corrected chi connectivity index (χ2v) is 7.32. The van der Waals surface area contributed by atoms with Crippen molar-refractivity contribution < 1.29 is 4.79 Å². The molecule has 2 saturated carbocycles. The molecule has 114 valence electrons. The van der Waals surface area contributed by atoms with Crippen molar-refractivity contribution in [2.75, 3.05) is 36.8 Å². The van der Waals surface area contributed by atoms with Crippen LogP contribution in [0.4, 0.5) is 10.7 Å². The van der Waals surface area contributed by atoms with Crippen molar-refractivity contribution in [1.29, 1.82) is 0 Å². The minimum Gasteiger partial charge on any atom is -0.397 e. The van der Waals surface area contributed by atoms with Crippen molar-refractivity contribution >= 4 is 27.9 Å². The number of piperazine rings is 1. The van der Waals surface area contributed by atoms with Gasteiger partial charge in [0.2, 0.25) is 0 Å². The lowest BCUT2D eigenvalue weighted by Gasteiger charge is -2.29. The smallest absolute Gasteiger partial charge is 0.263 e. The molecule has 0 spiro atoms. The molecule has 0 atom stereocenters. The Labute approximate surface area is 128 Å². The van der Waals surface area contributed by atoms with Crippen LogP contribution in [-0.4, -0.2) is 38.1 Å². The van der Waals surface area contributed by atoms with E-state index in [1.165, 1.54) is 23.4 Å². The van der Waals surface area contributed by atoms with Crippen LogP contribution < -0.4 is 21.3 Å². The zero-order valence-corrected chi connectivity index (χ0v) is 13.0. The maximum atomic E-state index is 12.4. The van der Waals surface area contributed by atoms with Gasteiger partial charge in [-0.3, -0.25) is 4.79 Å². The molecule has 1 amide bonds. The molecule has 1 aromatic rings. The average Bonchev–Trinajstić information content (AvgIpc) is 3.40. The van der Waals surface area contributed by atoms with Gasteiger partial charge in [0.25, 0.3) is 5.91 Å². The molecule has 0 aromatic carbocycles. The first-order valence-electron chi connectivity index (χ1n) is 7.92. The molecular formula is C15H22N4OS. The number of thiophene rings is 1. The molecule has 4 rings (SSSR count). The van der Waals surface area contributed by atoms with Crippen molar-refractivity contribution in [2.24, 2.45) is 0 Å². The topological polar surface area (TPSA) is 70.4 Å². The van der Waals surface area contributed by atoms with Gasteiger partial charge in [-0.1, -0.05) is 0 Å². The van der Waals surface area contributed by atoms with Gasteiger partial charge >= 0.3 is 0 Å². The Morgan fingerprint density at radius 2 is 1.95 bits per heavy atom. The van der Waals surface area contributed by atoms with Gasteiger partial charge in [0.15, 0.2) is 0 Å². The summed E-state index contributed by atoms with van der Waals surface area (Å²) in [7, 11) is 0. The van der Waals surface area contributed by atoms with E-state index in [4.69, 9.17) is 5.73 Å². The molecule has 0 radical (unpaired) electrons.